The van der Waals surface area contributed by atoms with Gasteiger partial charge in [-0.15, -0.1) is 0 Å². The standard InChI is InChI=1S/C17H20FN3O.C3H8/c1-19-17(22)11-4-10-2-3-21(8-14(10)16(18)5-11)9-15-12-6-20-7-13(12)15;1-3-2/h4-5,12,20H,2-3,6-9H2,1H3,(H,19,22);3H2,1-2H3. The van der Waals surface area contributed by atoms with E-state index < -0.39 is 0 Å². The minimum absolute atomic E-state index is 0.227. The number of rotatable bonds is 3. The Balaban J connectivity index is 0.000000569. The predicted molar refractivity (Wildman–Crippen MR) is 98.1 cm³/mol. The summed E-state index contributed by atoms with van der Waals surface area (Å²) in [4.78, 5) is 14.0. The van der Waals surface area contributed by atoms with Crippen molar-refractivity contribution in [2.24, 2.45) is 5.92 Å². The molecule has 1 saturated heterocycles. The van der Waals surface area contributed by atoms with Gasteiger partial charge in [0.05, 0.1) is 0 Å². The topological polar surface area (TPSA) is 44.4 Å². The van der Waals surface area contributed by atoms with Gasteiger partial charge in [-0.1, -0.05) is 20.3 Å². The molecule has 4 rings (SSSR count). The summed E-state index contributed by atoms with van der Waals surface area (Å²) in [5.41, 5.74) is 5.28. The number of amides is 1. The monoisotopic (exact) mass is 345 g/mol. The summed E-state index contributed by atoms with van der Waals surface area (Å²) < 4.78 is 14.4. The summed E-state index contributed by atoms with van der Waals surface area (Å²) >= 11 is 0. The van der Waals surface area contributed by atoms with Crippen molar-refractivity contribution in [1.29, 1.82) is 0 Å². The van der Waals surface area contributed by atoms with Crippen molar-refractivity contribution >= 4 is 5.91 Å². The van der Waals surface area contributed by atoms with Crippen molar-refractivity contribution in [3.05, 3.63) is 45.8 Å². The minimum Gasteiger partial charge on any atom is -0.355 e. The van der Waals surface area contributed by atoms with Gasteiger partial charge in [-0.3, -0.25) is 9.69 Å². The molecule has 5 heteroatoms. The molecule has 0 radical (unpaired) electrons. The second kappa shape index (κ2) is 7.67. The van der Waals surface area contributed by atoms with Crippen molar-refractivity contribution in [2.75, 3.05) is 33.2 Å². The molecule has 2 aliphatic heterocycles. The highest BCUT2D eigenvalue weighted by molar-refractivity contribution is 5.94. The fourth-order valence-corrected chi connectivity index (χ4v) is 3.75. The number of carbonyl (C=O) groups is 1. The fraction of sp³-hybridized carbons (Fsp3) is 0.550. The van der Waals surface area contributed by atoms with Crippen LogP contribution in [0.5, 0.6) is 0 Å². The van der Waals surface area contributed by atoms with E-state index in [1.807, 2.05) is 6.07 Å². The molecule has 2 N–H and O–H groups in total. The number of carbonyl (C=O) groups excluding carboxylic acids is 1. The lowest BCUT2D eigenvalue weighted by molar-refractivity contribution is 0.0962. The molecule has 0 aromatic heterocycles. The summed E-state index contributed by atoms with van der Waals surface area (Å²) in [6, 6.07) is 3.20. The quantitative estimate of drug-likeness (QED) is 0.828. The smallest absolute Gasteiger partial charge is 0.251 e. The van der Waals surface area contributed by atoms with Crippen molar-refractivity contribution in [3.8, 4) is 0 Å². The molecule has 3 aliphatic rings. The third-order valence-electron chi connectivity index (χ3n) is 5.08. The average Bonchev–Trinajstić information content (AvgIpc) is 3.03. The Bertz CT molecular complexity index is 698. The van der Waals surface area contributed by atoms with Gasteiger partial charge >= 0.3 is 0 Å². The lowest BCUT2D eigenvalue weighted by Gasteiger charge is -2.29. The molecule has 1 unspecified atom stereocenters. The molecule has 0 bridgehead atoms. The van der Waals surface area contributed by atoms with E-state index in [0.29, 0.717) is 18.0 Å². The Labute approximate surface area is 149 Å². The van der Waals surface area contributed by atoms with Gasteiger partial charge in [-0.25, -0.2) is 4.39 Å². The van der Waals surface area contributed by atoms with Crippen LogP contribution in [-0.2, 0) is 13.0 Å². The molecule has 136 valence electrons. The van der Waals surface area contributed by atoms with Crippen LogP contribution < -0.4 is 10.6 Å². The number of nitrogens with zero attached hydrogens (tertiary/aromatic N) is 1. The van der Waals surface area contributed by atoms with Gasteiger partial charge in [0.25, 0.3) is 5.91 Å². The first-order valence-corrected chi connectivity index (χ1v) is 9.27. The zero-order chi connectivity index (χ0) is 18.0. The molecule has 1 amide bonds. The Morgan fingerprint density at radius 2 is 2.16 bits per heavy atom. The van der Waals surface area contributed by atoms with Crippen LogP contribution in [0.25, 0.3) is 0 Å². The van der Waals surface area contributed by atoms with Crippen LogP contribution in [0.4, 0.5) is 4.39 Å². The molecule has 1 aliphatic carbocycles. The van der Waals surface area contributed by atoms with Crippen LogP contribution >= 0.6 is 0 Å². The molecule has 0 spiro atoms. The summed E-state index contributed by atoms with van der Waals surface area (Å²) in [5, 5.41) is 5.91. The molecule has 2 heterocycles. The molecule has 1 aromatic rings. The second-order valence-corrected chi connectivity index (χ2v) is 7.08. The molecule has 1 aromatic carbocycles. The molecule has 1 fully saturated rings. The molecular formula is C20H28FN3O. The van der Waals surface area contributed by atoms with Gasteiger partial charge < -0.3 is 10.6 Å². The maximum Gasteiger partial charge on any atom is 0.251 e. The average molecular weight is 345 g/mol. The van der Waals surface area contributed by atoms with Crippen LogP contribution in [0.15, 0.2) is 23.3 Å². The molecule has 25 heavy (non-hydrogen) atoms. The van der Waals surface area contributed by atoms with E-state index in [4.69, 9.17) is 0 Å². The molecule has 1 atom stereocenters. The molecule has 4 nitrogen and oxygen atoms in total. The lowest BCUT2D eigenvalue weighted by Crippen LogP contribution is -2.33. The van der Waals surface area contributed by atoms with Crippen LogP contribution in [0.2, 0.25) is 0 Å². The Morgan fingerprint density at radius 1 is 1.40 bits per heavy atom. The molecular weight excluding hydrogens is 317 g/mol. The SMILES string of the molecule is CCC.CNC(=O)c1cc(F)c2c(c1)CCN(CC1=C3CNCC31)C2. The Morgan fingerprint density at radius 3 is 2.80 bits per heavy atom. The van der Waals surface area contributed by atoms with Crippen LogP contribution in [0.1, 0.15) is 41.8 Å². The van der Waals surface area contributed by atoms with E-state index in [1.165, 1.54) is 12.5 Å². The molecule has 0 saturated carbocycles. The summed E-state index contributed by atoms with van der Waals surface area (Å²) in [5.74, 6) is 0.201. The van der Waals surface area contributed by atoms with E-state index in [1.54, 1.807) is 18.2 Å². The first-order chi connectivity index (χ1) is 12.1. The predicted octanol–water partition coefficient (Wildman–Crippen LogP) is 2.49. The lowest BCUT2D eigenvalue weighted by atomic mass is 9.96. The third kappa shape index (κ3) is 3.77. The Kier molecular flexibility index (Phi) is 5.54. The number of hydrogen-bond donors (Lipinski definition) is 2. The van der Waals surface area contributed by atoms with Gasteiger partial charge in [0.2, 0.25) is 0 Å². The number of fused-ring (bicyclic) bond motifs is 2. The van der Waals surface area contributed by atoms with Crippen molar-refractivity contribution in [1.82, 2.24) is 15.5 Å². The van der Waals surface area contributed by atoms with E-state index in [9.17, 15) is 9.18 Å². The first kappa shape index (κ1) is 18.1. The van der Waals surface area contributed by atoms with E-state index in [-0.39, 0.29) is 11.7 Å². The highest BCUT2D eigenvalue weighted by Gasteiger charge is 2.40. The first-order valence-electron chi connectivity index (χ1n) is 9.27. The number of benzene rings is 1. The van der Waals surface area contributed by atoms with E-state index in [0.717, 1.165) is 43.7 Å². The van der Waals surface area contributed by atoms with E-state index >= 15 is 0 Å². The van der Waals surface area contributed by atoms with Gasteiger partial charge in [-0.05, 0) is 35.3 Å². The van der Waals surface area contributed by atoms with Crippen LogP contribution in [0.3, 0.4) is 0 Å². The van der Waals surface area contributed by atoms with Crippen LogP contribution in [0, 0.1) is 11.7 Å². The summed E-state index contributed by atoms with van der Waals surface area (Å²) in [6.45, 7) is 8.91. The zero-order valence-electron chi connectivity index (χ0n) is 15.4. The van der Waals surface area contributed by atoms with Crippen LogP contribution in [-0.4, -0.2) is 44.0 Å². The number of halogens is 1. The van der Waals surface area contributed by atoms with Gasteiger partial charge in [0, 0.05) is 56.8 Å². The van der Waals surface area contributed by atoms with Gasteiger partial charge in [0.1, 0.15) is 5.82 Å². The zero-order valence-corrected chi connectivity index (χ0v) is 15.4. The largest absolute Gasteiger partial charge is 0.355 e. The normalized spacial score (nSPS) is 21.2. The summed E-state index contributed by atoms with van der Waals surface area (Å²) in [6.07, 6.45) is 2.06. The summed E-state index contributed by atoms with van der Waals surface area (Å²) in [7, 11) is 1.57. The van der Waals surface area contributed by atoms with Crippen molar-refractivity contribution < 1.29 is 9.18 Å². The number of nitrogens with one attached hydrogen (secondary N) is 2. The van der Waals surface area contributed by atoms with E-state index in [2.05, 4.69) is 29.4 Å². The van der Waals surface area contributed by atoms with Crippen molar-refractivity contribution in [3.63, 3.8) is 0 Å². The Hall–Kier alpha value is -1.72. The fourth-order valence-electron chi connectivity index (χ4n) is 3.75. The highest BCUT2D eigenvalue weighted by Crippen LogP contribution is 2.42. The maximum atomic E-state index is 14.4. The third-order valence-corrected chi connectivity index (χ3v) is 5.08. The maximum absolute atomic E-state index is 14.4. The van der Waals surface area contributed by atoms with Gasteiger partial charge in [-0.2, -0.15) is 0 Å². The number of hydrogen-bond acceptors (Lipinski definition) is 3. The van der Waals surface area contributed by atoms with Crippen molar-refractivity contribution in [2.45, 2.75) is 33.2 Å². The second-order valence-electron chi connectivity index (χ2n) is 7.08. The highest BCUT2D eigenvalue weighted by atomic mass is 19.1. The minimum atomic E-state index is -0.254. The van der Waals surface area contributed by atoms with Gasteiger partial charge in [0.15, 0.2) is 0 Å².